The fourth-order valence-electron chi connectivity index (χ4n) is 3.11. The van der Waals surface area contributed by atoms with E-state index < -0.39 is 40.7 Å². The number of allylic oxidation sites excluding steroid dienone is 2. The van der Waals surface area contributed by atoms with E-state index in [1.54, 1.807) is 13.8 Å². The first-order valence-electron chi connectivity index (χ1n) is 7.07. The van der Waals surface area contributed by atoms with Gasteiger partial charge in [-0.2, -0.15) is 0 Å². The molecule has 6 heteroatoms. The maximum atomic E-state index is 13.2. The molecule has 1 heterocycles. The lowest BCUT2D eigenvalue weighted by molar-refractivity contribution is -0.144. The molecule has 1 aromatic heterocycles. The van der Waals surface area contributed by atoms with Crippen LogP contribution in [0.25, 0.3) is 0 Å². The third-order valence-electron chi connectivity index (χ3n) is 4.57. The topological polar surface area (TPSA) is 50.4 Å². The predicted octanol–water partition coefficient (Wildman–Crippen LogP) is 4.56. The Morgan fingerprint density at radius 1 is 1.48 bits per heavy atom. The second kappa shape index (κ2) is 5.80. The van der Waals surface area contributed by atoms with E-state index in [1.165, 1.54) is 19.1 Å². The number of halogens is 3. The third-order valence-corrected chi connectivity index (χ3v) is 4.57. The molecule has 0 bridgehead atoms. The maximum Gasteiger partial charge on any atom is 0.311 e. The van der Waals surface area contributed by atoms with Crippen LogP contribution >= 0.6 is 0 Å². The van der Waals surface area contributed by atoms with Crippen LogP contribution in [0.3, 0.4) is 0 Å². The number of alkyl halides is 2. The van der Waals surface area contributed by atoms with Gasteiger partial charge in [-0.1, -0.05) is 19.8 Å². The van der Waals surface area contributed by atoms with Gasteiger partial charge in [-0.15, -0.1) is 0 Å². The van der Waals surface area contributed by atoms with Gasteiger partial charge in [0.05, 0.1) is 11.2 Å². The Kier molecular flexibility index (Phi) is 4.34. The molecular formula is C17H17F3O3. The number of carboxylic acid groups (broad SMARTS) is 1. The molecule has 1 aliphatic rings. The summed E-state index contributed by atoms with van der Waals surface area (Å²) >= 11 is 0. The summed E-state index contributed by atoms with van der Waals surface area (Å²) in [5.41, 5.74) is -1.83. The van der Waals surface area contributed by atoms with Gasteiger partial charge in [0.2, 0.25) is 0 Å². The average Bonchev–Trinajstić information content (AvgIpc) is 2.79. The smallest absolute Gasteiger partial charge is 0.311 e. The van der Waals surface area contributed by atoms with Gasteiger partial charge in [-0.3, -0.25) is 4.79 Å². The van der Waals surface area contributed by atoms with Crippen LogP contribution in [0.2, 0.25) is 0 Å². The summed E-state index contributed by atoms with van der Waals surface area (Å²) in [7, 11) is 0. The number of carbonyl (C=O) groups is 1. The van der Waals surface area contributed by atoms with Crippen molar-refractivity contribution in [1.82, 2.24) is 0 Å². The highest BCUT2D eigenvalue weighted by Crippen LogP contribution is 2.71. The van der Waals surface area contributed by atoms with E-state index in [4.69, 9.17) is 4.42 Å². The van der Waals surface area contributed by atoms with E-state index in [0.29, 0.717) is 0 Å². The van der Waals surface area contributed by atoms with Gasteiger partial charge >= 0.3 is 5.97 Å². The SMILES string of the molecule is C/C(F)=C/[C@H]1C(C)(C)[C@]1(CC#Cc1ccc(C(F)F)o1)C(=O)O. The van der Waals surface area contributed by atoms with Crippen molar-refractivity contribution in [3.05, 3.63) is 35.6 Å². The summed E-state index contributed by atoms with van der Waals surface area (Å²) in [5.74, 6) is 2.84. The van der Waals surface area contributed by atoms with Gasteiger partial charge in [0.1, 0.15) is 0 Å². The van der Waals surface area contributed by atoms with Crippen LogP contribution in [0.4, 0.5) is 13.2 Å². The second-order valence-corrected chi connectivity index (χ2v) is 6.21. The van der Waals surface area contributed by atoms with Gasteiger partial charge in [0.25, 0.3) is 6.43 Å². The van der Waals surface area contributed by atoms with Crippen LogP contribution in [-0.4, -0.2) is 11.1 Å². The Hall–Kier alpha value is -2.16. The molecule has 0 aromatic carbocycles. The van der Waals surface area contributed by atoms with E-state index in [0.717, 1.165) is 6.07 Å². The summed E-state index contributed by atoms with van der Waals surface area (Å²) in [6, 6.07) is 2.43. The largest absolute Gasteiger partial charge is 0.481 e. The number of hydrogen-bond donors (Lipinski definition) is 1. The molecule has 0 saturated heterocycles. The Morgan fingerprint density at radius 3 is 2.61 bits per heavy atom. The molecule has 0 aliphatic heterocycles. The molecule has 1 aliphatic carbocycles. The summed E-state index contributed by atoms with van der Waals surface area (Å²) in [4.78, 5) is 11.7. The zero-order valence-electron chi connectivity index (χ0n) is 13.0. The summed E-state index contributed by atoms with van der Waals surface area (Å²) in [6.45, 7) is 4.75. The van der Waals surface area contributed by atoms with Crippen molar-refractivity contribution in [2.45, 2.75) is 33.6 Å². The van der Waals surface area contributed by atoms with Crippen LogP contribution in [0, 0.1) is 28.6 Å². The molecular weight excluding hydrogens is 309 g/mol. The molecule has 0 amide bonds. The van der Waals surface area contributed by atoms with E-state index in [9.17, 15) is 23.1 Å². The predicted molar refractivity (Wildman–Crippen MR) is 77.4 cm³/mol. The highest BCUT2D eigenvalue weighted by atomic mass is 19.3. The molecule has 1 aromatic rings. The molecule has 2 atom stereocenters. The Labute approximate surface area is 132 Å². The van der Waals surface area contributed by atoms with Crippen LogP contribution in [0.15, 0.2) is 28.5 Å². The number of aliphatic carboxylic acids is 1. The molecule has 23 heavy (non-hydrogen) atoms. The van der Waals surface area contributed by atoms with Crippen LogP contribution in [0.5, 0.6) is 0 Å². The van der Waals surface area contributed by atoms with Crippen molar-refractivity contribution >= 4 is 5.97 Å². The molecule has 1 N–H and O–H groups in total. The minimum absolute atomic E-state index is 0.0194. The maximum absolute atomic E-state index is 13.2. The highest BCUT2D eigenvalue weighted by Gasteiger charge is 2.74. The zero-order chi connectivity index (χ0) is 17.4. The quantitative estimate of drug-likeness (QED) is 0.825. The number of carboxylic acids is 1. The average molecular weight is 326 g/mol. The van der Waals surface area contributed by atoms with Gasteiger partial charge in [-0.05, 0) is 36.5 Å². The molecule has 124 valence electrons. The fourth-order valence-corrected chi connectivity index (χ4v) is 3.11. The lowest BCUT2D eigenvalue weighted by atomic mass is 9.92. The van der Waals surface area contributed by atoms with Gasteiger partial charge in [0, 0.05) is 12.3 Å². The molecule has 0 unspecified atom stereocenters. The number of hydrogen-bond acceptors (Lipinski definition) is 2. The monoisotopic (exact) mass is 326 g/mol. The lowest BCUT2D eigenvalue weighted by Gasteiger charge is -2.11. The standard InChI is InChI=1S/C17H17F3O3/c1-10(18)9-13-16(2,3)17(13,15(21)22)8-4-5-11-6-7-12(23-11)14(19)20/h6-7,9,13-14H,8H2,1-3H3,(H,21,22)/b10-9-/t13-,17-/m0/s1. The highest BCUT2D eigenvalue weighted by molar-refractivity contribution is 5.82. The number of rotatable bonds is 4. The van der Waals surface area contributed by atoms with Crippen molar-refractivity contribution in [2.24, 2.45) is 16.7 Å². The van der Waals surface area contributed by atoms with E-state index in [-0.39, 0.29) is 12.2 Å². The van der Waals surface area contributed by atoms with E-state index >= 15 is 0 Å². The molecule has 2 rings (SSSR count). The summed E-state index contributed by atoms with van der Waals surface area (Å²) < 4.78 is 42.8. The van der Waals surface area contributed by atoms with Crippen molar-refractivity contribution in [2.75, 3.05) is 0 Å². The van der Waals surface area contributed by atoms with Crippen molar-refractivity contribution in [3.63, 3.8) is 0 Å². The van der Waals surface area contributed by atoms with Crippen molar-refractivity contribution < 1.29 is 27.5 Å². The van der Waals surface area contributed by atoms with Crippen LogP contribution in [-0.2, 0) is 4.79 Å². The van der Waals surface area contributed by atoms with E-state index in [1.807, 2.05) is 0 Å². The van der Waals surface area contributed by atoms with Gasteiger partial charge < -0.3 is 9.52 Å². The molecule has 1 fully saturated rings. The molecule has 0 radical (unpaired) electrons. The Morgan fingerprint density at radius 2 is 2.13 bits per heavy atom. The second-order valence-electron chi connectivity index (χ2n) is 6.21. The molecule has 3 nitrogen and oxygen atoms in total. The lowest BCUT2D eigenvalue weighted by Crippen LogP contribution is -2.21. The van der Waals surface area contributed by atoms with Crippen molar-refractivity contribution in [3.8, 4) is 11.8 Å². The normalized spacial score (nSPS) is 25.9. The van der Waals surface area contributed by atoms with Gasteiger partial charge in [0.15, 0.2) is 11.5 Å². The minimum Gasteiger partial charge on any atom is -0.481 e. The minimum atomic E-state index is -2.72. The Bertz CT molecular complexity index is 702. The fraction of sp³-hybridized carbons (Fsp3) is 0.471. The molecule has 1 saturated carbocycles. The summed E-state index contributed by atoms with van der Waals surface area (Å²) in [5, 5.41) is 9.55. The van der Waals surface area contributed by atoms with E-state index in [2.05, 4.69) is 11.8 Å². The first-order chi connectivity index (χ1) is 10.6. The summed E-state index contributed by atoms with van der Waals surface area (Å²) in [6.07, 6.45) is -1.44. The van der Waals surface area contributed by atoms with Crippen LogP contribution < -0.4 is 0 Å². The first kappa shape index (κ1) is 17.2. The van der Waals surface area contributed by atoms with Crippen LogP contribution in [0.1, 0.15) is 45.1 Å². The number of furan rings is 1. The van der Waals surface area contributed by atoms with Crippen molar-refractivity contribution in [1.29, 1.82) is 0 Å². The zero-order valence-corrected chi connectivity index (χ0v) is 13.0. The Balaban J connectivity index is 2.21. The van der Waals surface area contributed by atoms with Gasteiger partial charge in [-0.25, -0.2) is 13.2 Å². The first-order valence-corrected chi connectivity index (χ1v) is 7.07. The third kappa shape index (κ3) is 2.88. The molecule has 0 spiro atoms.